The van der Waals surface area contributed by atoms with Crippen LogP contribution in [0.3, 0.4) is 0 Å². The van der Waals surface area contributed by atoms with Crippen LogP contribution in [0.5, 0.6) is 0 Å². The third kappa shape index (κ3) is 4.39. The molecule has 0 bridgehead atoms. The van der Waals surface area contributed by atoms with E-state index in [1.807, 2.05) is 11.9 Å². The Kier molecular flexibility index (Phi) is 6.29. The van der Waals surface area contributed by atoms with Gasteiger partial charge in [0.15, 0.2) is 0 Å². The molecule has 4 rings (SSSR count). The molecule has 33 heavy (non-hydrogen) atoms. The van der Waals surface area contributed by atoms with Crippen LogP contribution in [0.4, 0.5) is 15.8 Å². The lowest BCUT2D eigenvalue weighted by Gasteiger charge is -2.36. The minimum atomic E-state index is -0.636. The number of piperidine rings is 1. The van der Waals surface area contributed by atoms with E-state index in [4.69, 9.17) is 0 Å². The molecule has 1 fully saturated rings. The van der Waals surface area contributed by atoms with E-state index >= 15 is 0 Å². The molecule has 0 unspecified atom stereocenters. The number of benzene rings is 2. The van der Waals surface area contributed by atoms with Gasteiger partial charge in [-0.25, -0.2) is 9.29 Å². The molecule has 2 aliphatic rings. The van der Waals surface area contributed by atoms with Crippen molar-refractivity contribution in [2.75, 3.05) is 37.4 Å². The number of likely N-dealkylation sites (N-methyl/N-ethyl adjacent to an activating group) is 1. The van der Waals surface area contributed by atoms with E-state index < -0.39 is 17.6 Å². The molecule has 2 heterocycles. The van der Waals surface area contributed by atoms with Gasteiger partial charge in [-0.3, -0.25) is 14.4 Å². The molecule has 2 aromatic rings. The molecule has 1 N–H and O–H groups in total. The maximum absolute atomic E-state index is 14.6. The number of likely N-dealkylation sites (tertiary alicyclic amines) is 1. The quantitative estimate of drug-likeness (QED) is 0.709. The van der Waals surface area contributed by atoms with Crippen LogP contribution in [-0.4, -0.2) is 60.7 Å². The van der Waals surface area contributed by atoms with Gasteiger partial charge < -0.3 is 15.1 Å². The van der Waals surface area contributed by atoms with E-state index in [-0.39, 0.29) is 28.9 Å². The zero-order valence-corrected chi connectivity index (χ0v) is 19.0. The van der Waals surface area contributed by atoms with E-state index in [2.05, 4.69) is 17.3 Å². The summed E-state index contributed by atoms with van der Waals surface area (Å²) in [4.78, 5) is 43.5. The van der Waals surface area contributed by atoms with Crippen LogP contribution < -0.4 is 10.2 Å². The zero-order chi connectivity index (χ0) is 23.7. The number of para-hydroxylation sites is 1. The van der Waals surface area contributed by atoms with Gasteiger partial charge in [-0.05, 0) is 62.8 Å². The molecular formula is C25H27FN4O3. The van der Waals surface area contributed by atoms with E-state index in [0.717, 1.165) is 30.8 Å². The molecule has 2 aromatic carbocycles. The molecule has 3 amide bonds. The maximum atomic E-state index is 14.6. The molecule has 8 heteroatoms. The maximum Gasteiger partial charge on any atom is 0.282 e. The Hall–Kier alpha value is -3.52. The van der Waals surface area contributed by atoms with E-state index in [9.17, 15) is 18.8 Å². The van der Waals surface area contributed by atoms with Crippen molar-refractivity contribution in [3.05, 3.63) is 65.6 Å². The molecule has 7 nitrogen and oxygen atoms in total. The smallest absolute Gasteiger partial charge is 0.282 e. The van der Waals surface area contributed by atoms with Crippen LogP contribution in [0.15, 0.2) is 54.2 Å². The second kappa shape index (κ2) is 9.15. The number of imide groups is 1. The first-order valence-corrected chi connectivity index (χ1v) is 10.9. The fourth-order valence-corrected chi connectivity index (χ4v) is 4.45. The summed E-state index contributed by atoms with van der Waals surface area (Å²) in [5.74, 6) is -1.94. The number of nitrogens with zero attached hydrogens (tertiary/aromatic N) is 3. The van der Waals surface area contributed by atoms with Gasteiger partial charge in [0.05, 0.1) is 11.3 Å². The van der Waals surface area contributed by atoms with E-state index in [1.54, 1.807) is 30.3 Å². The van der Waals surface area contributed by atoms with Crippen LogP contribution in [0.1, 0.15) is 25.3 Å². The minimum absolute atomic E-state index is 0.0633. The van der Waals surface area contributed by atoms with Crippen molar-refractivity contribution in [3.8, 4) is 0 Å². The number of anilines is 2. The number of hydrogen-bond acceptors (Lipinski definition) is 5. The largest absolute Gasteiger partial charge is 0.366 e. The Morgan fingerprint density at radius 2 is 1.67 bits per heavy atom. The van der Waals surface area contributed by atoms with Gasteiger partial charge in [-0.15, -0.1) is 0 Å². The number of nitrogens with one attached hydrogen (secondary N) is 1. The predicted molar refractivity (Wildman–Crippen MR) is 125 cm³/mol. The van der Waals surface area contributed by atoms with Gasteiger partial charge in [-0.1, -0.05) is 24.3 Å². The predicted octanol–water partition coefficient (Wildman–Crippen LogP) is 3.09. The second-order valence-corrected chi connectivity index (χ2v) is 8.52. The summed E-state index contributed by atoms with van der Waals surface area (Å²) >= 11 is 0. The fourth-order valence-electron chi connectivity index (χ4n) is 4.45. The Labute approximate surface area is 192 Å². The summed E-state index contributed by atoms with van der Waals surface area (Å²) < 4.78 is 14.6. The van der Waals surface area contributed by atoms with Gasteiger partial charge in [0.2, 0.25) is 5.91 Å². The van der Waals surface area contributed by atoms with E-state index in [0.29, 0.717) is 11.3 Å². The molecule has 0 radical (unpaired) electrons. The normalized spacial score (nSPS) is 17.6. The average Bonchev–Trinajstić information content (AvgIpc) is 3.04. The van der Waals surface area contributed by atoms with E-state index in [1.165, 1.54) is 25.1 Å². The monoisotopic (exact) mass is 450 g/mol. The van der Waals surface area contributed by atoms with Gasteiger partial charge >= 0.3 is 0 Å². The topological polar surface area (TPSA) is 73.0 Å². The molecule has 0 aliphatic carbocycles. The Balaban J connectivity index is 1.77. The van der Waals surface area contributed by atoms with Crippen molar-refractivity contribution in [1.82, 2.24) is 9.80 Å². The molecule has 0 aromatic heterocycles. The SMILES string of the molecule is CC(=O)Nc1ccc(C2=C(N(C)C3CCN(C)CC3)C(=O)N(c3ccccc3F)C2=O)cc1. The summed E-state index contributed by atoms with van der Waals surface area (Å²) in [5.41, 5.74) is 1.56. The summed E-state index contributed by atoms with van der Waals surface area (Å²) in [7, 11) is 3.88. The number of hydrogen-bond donors (Lipinski definition) is 1. The van der Waals surface area contributed by atoms with Crippen LogP contribution in [-0.2, 0) is 14.4 Å². The zero-order valence-electron chi connectivity index (χ0n) is 19.0. The number of carbonyl (C=O) groups is 3. The van der Waals surface area contributed by atoms with Crippen LogP contribution in [0.2, 0.25) is 0 Å². The van der Waals surface area contributed by atoms with Crippen molar-refractivity contribution in [3.63, 3.8) is 0 Å². The van der Waals surface area contributed by atoms with Gasteiger partial charge in [-0.2, -0.15) is 0 Å². The molecule has 2 aliphatic heterocycles. The number of amides is 3. The summed E-state index contributed by atoms with van der Waals surface area (Å²) in [6.45, 7) is 3.20. The van der Waals surface area contributed by atoms with Gasteiger partial charge in [0, 0.05) is 25.7 Å². The summed E-state index contributed by atoms with van der Waals surface area (Å²) in [5, 5.41) is 2.69. The Morgan fingerprint density at radius 1 is 1.03 bits per heavy atom. The Morgan fingerprint density at radius 3 is 2.27 bits per heavy atom. The van der Waals surface area contributed by atoms with Gasteiger partial charge in [0.1, 0.15) is 11.5 Å². The number of rotatable bonds is 5. The van der Waals surface area contributed by atoms with Crippen LogP contribution in [0.25, 0.3) is 5.57 Å². The standard InChI is InChI=1S/C25H27FN4O3/c1-16(31)27-18-10-8-17(9-11-18)22-23(29(3)19-12-14-28(2)15-13-19)25(33)30(24(22)32)21-7-5-4-6-20(21)26/h4-11,19H,12-15H2,1-3H3,(H,27,31). The summed E-state index contributed by atoms with van der Waals surface area (Å²) in [6.07, 6.45) is 1.71. The van der Waals surface area contributed by atoms with Gasteiger partial charge in [0.25, 0.3) is 11.8 Å². The van der Waals surface area contributed by atoms with Crippen molar-refractivity contribution in [2.45, 2.75) is 25.8 Å². The third-order valence-electron chi connectivity index (χ3n) is 6.24. The van der Waals surface area contributed by atoms with Crippen molar-refractivity contribution in [2.24, 2.45) is 0 Å². The fraction of sp³-hybridized carbons (Fsp3) is 0.320. The first kappa shape index (κ1) is 22.7. The van der Waals surface area contributed by atoms with Crippen LogP contribution in [0, 0.1) is 5.82 Å². The highest BCUT2D eigenvalue weighted by Crippen LogP contribution is 2.37. The highest BCUT2D eigenvalue weighted by molar-refractivity contribution is 6.45. The molecule has 0 atom stereocenters. The first-order chi connectivity index (χ1) is 15.8. The lowest BCUT2D eigenvalue weighted by atomic mass is 10.00. The molecule has 0 saturated carbocycles. The molecule has 0 spiro atoms. The number of halogens is 1. The highest BCUT2D eigenvalue weighted by Gasteiger charge is 2.44. The van der Waals surface area contributed by atoms with Crippen molar-refractivity contribution in [1.29, 1.82) is 0 Å². The van der Waals surface area contributed by atoms with Crippen LogP contribution >= 0.6 is 0 Å². The third-order valence-corrected chi connectivity index (χ3v) is 6.24. The lowest BCUT2D eigenvalue weighted by Crippen LogP contribution is -2.43. The molecule has 1 saturated heterocycles. The molecular weight excluding hydrogens is 423 g/mol. The summed E-state index contributed by atoms with van der Waals surface area (Å²) in [6, 6.07) is 12.6. The number of carbonyl (C=O) groups excluding carboxylic acids is 3. The minimum Gasteiger partial charge on any atom is -0.366 e. The lowest BCUT2D eigenvalue weighted by molar-refractivity contribution is -0.121. The molecule has 172 valence electrons. The highest BCUT2D eigenvalue weighted by atomic mass is 19.1. The second-order valence-electron chi connectivity index (χ2n) is 8.52. The average molecular weight is 451 g/mol. The Bertz CT molecular complexity index is 1120. The van der Waals surface area contributed by atoms with Crippen molar-refractivity contribution < 1.29 is 18.8 Å². The first-order valence-electron chi connectivity index (χ1n) is 10.9. The van der Waals surface area contributed by atoms with Crippen molar-refractivity contribution >= 4 is 34.7 Å².